The Balaban J connectivity index is 1.13. The second-order valence-corrected chi connectivity index (χ2v) is 24.8. The van der Waals surface area contributed by atoms with Crippen molar-refractivity contribution in [3.05, 3.63) is 24.3 Å². The molecule has 20 heteroatoms. The summed E-state index contributed by atoms with van der Waals surface area (Å²) in [5, 5.41) is 71.0. The molecule has 20 nitrogen and oxygen atoms in total. The minimum absolute atomic E-state index is 0.105. The zero-order valence-corrected chi connectivity index (χ0v) is 43.2. The van der Waals surface area contributed by atoms with E-state index in [2.05, 4.69) is 21.3 Å². The lowest BCUT2D eigenvalue weighted by Crippen LogP contribution is -2.60. The zero-order chi connectivity index (χ0) is 50.2. The molecule has 4 aliphatic rings. The Morgan fingerprint density at radius 2 is 0.618 bits per heavy atom. The molecule has 0 saturated carbocycles. The van der Waals surface area contributed by atoms with Crippen molar-refractivity contribution in [2.24, 2.45) is 0 Å². The first kappa shape index (κ1) is 51.6. The lowest BCUT2D eigenvalue weighted by molar-refractivity contribution is -0.297. The van der Waals surface area contributed by atoms with Gasteiger partial charge in [0.2, 0.25) is 23.8 Å². The van der Waals surface area contributed by atoms with Crippen LogP contribution in [0, 0.1) is 0 Å². The van der Waals surface area contributed by atoms with Gasteiger partial charge < -0.3 is 30.7 Å². The monoisotopic (exact) mass is 945 g/mol. The third-order valence-corrected chi connectivity index (χ3v) is 14.1. The highest BCUT2D eigenvalue weighted by atomic mass is 16.5. The number of rotatable bonds is 12. The fourth-order valence-electron chi connectivity index (χ4n) is 11.9. The third-order valence-electron chi connectivity index (χ3n) is 14.1. The molecule has 0 unspecified atom stereocenters. The molecule has 374 valence electrons. The van der Waals surface area contributed by atoms with Gasteiger partial charge in [-0.3, -0.25) is 0 Å². The minimum Gasteiger partial charge on any atom is -0.460 e. The number of hydrogen-bond donors (Lipinski definition) is 4. The van der Waals surface area contributed by atoms with E-state index in [9.17, 15) is 20.8 Å². The summed E-state index contributed by atoms with van der Waals surface area (Å²) in [5.41, 5.74) is -3.76. The Morgan fingerprint density at radius 3 is 0.882 bits per heavy atom. The van der Waals surface area contributed by atoms with Crippen LogP contribution in [0.2, 0.25) is 0 Å². The fraction of sp³-hybridized carbons (Fsp3) is 0.750. The Morgan fingerprint density at radius 1 is 0.382 bits per heavy atom. The summed E-state index contributed by atoms with van der Waals surface area (Å²) in [4.78, 5) is 28.4. The summed E-state index contributed by atoms with van der Waals surface area (Å²) in [6.45, 7) is 30.9. The lowest BCUT2D eigenvalue weighted by atomic mass is 9.79. The quantitative estimate of drug-likeness (QED) is 0.133. The van der Waals surface area contributed by atoms with Gasteiger partial charge in [-0.05, 0) is 161 Å². The van der Waals surface area contributed by atoms with Crippen molar-refractivity contribution in [1.82, 2.24) is 50.2 Å². The van der Waals surface area contributed by atoms with Crippen molar-refractivity contribution in [1.29, 1.82) is 0 Å². The fourth-order valence-corrected chi connectivity index (χ4v) is 11.9. The van der Waals surface area contributed by atoms with Crippen LogP contribution in [-0.2, 0) is 20.8 Å². The van der Waals surface area contributed by atoms with Crippen LogP contribution in [0.1, 0.15) is 162 Å². The number of nitrogens with zero attached hydrogens (tertiary/aromatic N) is 10. The second kappa shape index (κ2) is 17.8. The molecule has 0 amide bonds. The van der Waals surface area contributed by atoms with Gasteiger partial charge in [0.1, 0.15) is 12.2 Å². The van der Waals surface area contributed by atoms with Gasteiger partial charge in [0.15, 0.2) is 0 Å². The molecule has 4 saturated heterocycles. The number of hydrogen-bond acceptors (Lipinski definition) is 16. The van der Waals surface area contributed by atoms with Gasteiger partial charge in [0.05, 0.1) is 0 Å². The molecule has 0 atom stereocenters. The molecule has 4 aliphatic heterocycles. The van der Waals surface area contributed by atoms with Crippen molar-refractivity contribution in [3.63, 3.8) is 0 Å². The summed E-state index contributed by atoms with van der Waals surface area (Å²) in [5.74, 6) is 1.10. The topological polar surface area (TPSA) is 236 Å². The molecule has 2 aromatic heterocycles. The summed E-state index contributed by atoms with van der Waals surface area (Å²) in [6.07, 6.45) is 3.57. The highest BCUT2D eigenvalue weighted by molar-refractivity contribution is 5.62. The first-order valence-electron chi connectivity index (χ1n) is 24.1. The van der Waals surface area contributed by atoms with E-state index in [0.717, 1.165) is 10.1 Å². The summed E-state index contributed by atoms with van der Waals surface area (Å²) < 4.78 is 13.0. The van der Waals surface area contributed by atoms with E-state index in [4.69, 9.17) is 39.4 Å². The van der Waals surface area contributed by atoms with E-state index in [1.807, 2.05) is 135 Å². The number of piperidine rings is 4. The number of anilines is 6. The smallest absolute Gasteiger partial charge is 0.323 e. The van der Waals surface area contributed by atoms with Crippen LogP contribution in [0.15, 0.2) is 24.3 Å². The van der Waals surface area contributed by atoms with Gasteiger partial charge in [-0.15, -0.1) is 41.1 Å². The van der Waals surface area contributed by atoms with Crippen molar-refractivity contribution >= 4 is 35.2 Å². The standard InChI is InChI=1S/C48H76N14O6/c1-41(2)21-31(22-42(3,4)59(41)63)51-37-53-35(55-39(57-37)67-33-25-45(9,10)61(65)46(11,12)26-33)49-29-17-19-30(20-18-29)50-36-54-38(52-32-23-43(5,6)60(64)44(7,8)24-32)58-40(56-36)68-34-27-47(13,14)62(66)48(15,16)28-34/h17-20,31-34H,21-28H2,1-16H3,(H2,49,51,53,55,57)(H2,50,52,54,56,58). The summed E-state index contributed by atoms with van der Waals surface area (Å²) in [6, 6.07) is 7.48. The maximum absolute atomic E-state index is 13.2. The number of hydroxylamine groups is 8. The molecular weight excluding hydrogens is 869 g/mol. The van der Waals surface area contributed by atoms with Crippen LogP contribution in [0.5, 0.6) is 12.0 Å². The first-order valence-corrected chi connectivity index (χ1v) is 24.1. The Hall–Kier alpha value is -4.28. The SMILES string of the molecule is CC1(C)CC(Nc2nc(Nc3ccc(Nc4nc(NC5CC(C)(C)N([O])C(C)(C)C5)nc(OC5CC(C)(C)N([O])C(C)(C)C5)n4)cc3)nc(OC3CC(C)(C)N([O])C(C)(C)C3)n2)CC(C)(C)N1[O]. The van der Waals surface area contributed by atoms with E-state index in [1.165, 1.54) is 10.1 Å². The molecular formula is C48H76N14O6. The van der Waals surface area contributed by atoms with Gasteiger partial charge in [0, 0.05) is 93.5 Å². The normalized spacial score (nSPS) is 25.4. The molecule has 4 radical (unpaired) electrons. The molecule has 3 aromatic rings. The maximum atomic E-state index is 13.2. The van der Waals surface area contributed by atoms with Crippen LogP contribution in [0.3, 0.4) is 0 Å². The molecule has 0 bridgehead atoms. The van der Waals surface area contributed by atoms with E-state index < -0.39 is 44.3 Å². The van der Waals surface area contributed by atoms with Crippen LogP contribution < -0.4 is 30.7 Å². The molecule has 68 heavy (non-hydrogen) atoms. The molecule has 4 N–H and O–H groups in total. The molecule has 6 heterocycles. The summed E-state index contributed by atoms with van der Waals surface area (Å²) >= 11 is 0. The van der Waals surface area contributed by atoms with E-state index in [0.29, 0.717) is 74.6 Å². The predicted molar refractivity (Wildman–Crippen MR) is 256 cm³/mol. The average molecular weight is 945 g/mol. The van der Waals surface area contributed by atoms with Crippen LogP contribution in [0.4, 0.5) is 35.2 Å². The highest BCUT2D eigenvalue weighted by Gasteiger charge is 2.50. The molecule has 4 fully saturated rings. The second-order valence-electron chi connectivity index (χ2n) is 24.8. The predicted octanol–water partition coefficient (Wildman–Crippen LogP) is 8.59. The van der Waals surface area contributed by atoms with Crippen molar-refractivity contribution < 1.29 is 30.3 Å². The van der Waals surface area contributed by atoms with Gasteiger partial charge in [-0.1, -0.05) is 0 Å². The maximum Gasteiger partial charge on any atom is 0.323 e. The van der Waals surface area contributed by atoms with E-state index >= 15 is 0 Å². The third kappa shape index (κ3) is 11.3. The highest BCUT2D eigenvalue weighted by Crippen LogP contribution is 2.42. The largest absolute Gasteiger partial charge is 0.460 e. The van der Waals surface area contributed by atoms with Gasteiger partial charge in [-0.2, -0.15) is 29.9 Å². The first-order chi connectivity index (χ1) is 31.1. The van der Waals surface area contributed by atoms with Gasteiger partial charge >= 0.3 is 12.0 Å². The molecule has 7 rings (SSSR count). The summed E-state index contributed by atoms with van der Waals surface area (Å²) in [7, 11) is 0. The van der Waals surface area contributed by atoms with Crippen molar-refractivity contribution in [3.8, 4) is 12.0 Å². The molecule has 0 aliphatic carbocycles. The Kier molecular flexibility index (Phi) is 13.5. The van der Waals surface area contributed by atoms with Crippen molar-refractivity contribution in [2.45, 2.75) is 231 Å². The minimum atomic E-state index is -0.663. The average Bonchev–Trinajstić information content (AvgIpc) is 3.17. The van der Waals surface area contributed by atoms with Crippen molar-refractivity contribution in [2.75, 3.05) is 21.3 Å². The zero-order valence-electron chi connectivity index (χ0n) is 43.2. The Labute approximate surface area is 402 Å². The number of aromatic nitrogens is 6. The lowest BCUT2D eigenvalue weighted by Gasteiger charge is -2.50. The van der Waals surface area contributed by atoms with Gasteiger partial charge in [0.25, 0.3) is 0 Å². The Bertz CT molecular complexity index is 1920. The van der Waals surface area contributed by atoms with Gasteiger partial charge in [-0.25, -0.2) is 0 Å². The molecule has 1 aromatic carbocycles. The molecule has 0 spiro atoms. The van der Waals surface area contributed by atoms with E-state index in [1.54, 1.807) is 0 Å². The van der Waals surface area contributed by atoms with Crippen LogP contribution in [0.25, 0.3) is 0 Å². The number of ether oxygens (including phenoxy) is 2. The van der Waals surface area contributed by atoms with Crippen LogP contribution >= 0.6 is 0 Å². The van der Waals surface area contributed by atoms with Crippen LogP contribution in [-0.4, -0.2) is 119 Å². The number of nitrogens with one attached hydrogen (secondary N) is 4. The van der Waals surface area contributed by atoms with E-state index in [-0.39, 0.29) is 48.2 Å². The number of benzene rings is 1.